The van der Waals surface area contributed by atoms with Crippen LogP contribution in [0.3, 0.4) is 0 Å². The number of carboxylic acids is 2. The molecule has 0 radical (unpaired) electrons. The van der Waals surface area contributed by atoms with Crippen molar-refractivity contribution in [2.24, 2.45) is 0 Å². The quantitative estimate of drug-likeness (QED) is 0.742. The van der Waals surface area contributed by atoms with Crippen LogP contribution in [0.4, 0.5) is 4.39 Å². The Morgan fingerprint density at radius 2 is 1.81 bits per heavy atom. The monoisotopic (exact) mass is 222 g/mol. The van der Waals surface area contributed by atoms with E-state index in [0.29, 0.717) is 0 Å². The fourth-order valence-corrected chi connectivity index (χ4v) is 1.12. The zero-order valence-corrected chi connectivity index (χ0v) is 8.03. The molecule has 0 spiro atoms. The summed E-state index contributed by atoms with van der Waals surface area (Å²) in [7, 11) is 0. The number of aromatic carboxylic acids is 2. The molecule has 1 rings (SSSR count). The maximum absolute atomic E-state index is 11.8. The van der Waals surface area contributed by atoms with Crippen molar-refractivity contribution in [3.8, 4) is 11.8 Å². The SMILES string of the molecule is O=C(O)c1ccc(C#CCF)cc1C(=O)O. The second kappa shape index (κ2) is 4.94. The topological polar surface area (TPSA) is 74.6 Å². The molecule has 1 aromatic carbocycles. The van der Waals surface area contributed by atoms with Crippen LogP contribution < -0.4 is 0 Å². The Labute approximate surface area is 90.3 Å². The minimum atomic E-state index is -1.36. The minimum absolute atomic E-state index is 0.264. The van der Waals surface area contributed by atoms with Crippen molar-refractivity contribution >= 4 is 11.9 Å². The van der Waals surface area contributed by atoms with Gasteiger partial charge in [-0.25, -0.2) is 14.0 Å². The first-order valence-electron chi connectivity index (χ1n) is 4.21. The van der Waals surface area contributed by atoms with Gasteiger partial charge in [-0.1, -0.05) is 11.8 Å². The van der Waals surface area contributed by atoms with Crippen LogP contribution in [0.5, 0.6) is 0 Å². The van der Waals surface area contributed by atoms with E-state index in [4.69, 9.17) is 10.2 Å². The van der Waals surface area contributed by atoms with Crippen molar-refractivity contribution < 1.29 is 24.2 Å². The van der Waals surface area contributed by atoms with Gasteiger partial charge in [-0.2, -0.15) is 0 Å². The van der Waals surface area contributed by atoms with E-state index in [9.17, 15) is 14.0 Å². The van der Waals surface area contributed by atoms with E-state index in [1.165, 1.54) is 6.07 Å². The van der Waals surface area contributed by atoms with Crippen LogP contribution in [0.1, 0.15) is 26.3 Å². The molecule has 82 valence electrons. The van der Waals surface area contributed by atoms with Gasteiger partial charge in [-0.3, -0.25) is 0 Å². The summed E-state index contributed by atoms with van der Waals surface area (Å²) < 4.78 is 11.8. The maximum atomic E-state index is 11.8. The van der Waals surface area contributed by atoms with Crippen LogP contribution in [0.15, 0.2) is 18.2 Å². The number of carboxylic acid groups (broad SMARTS) is 2. The molecule has 0 saturated heterocycles. The van der Waals surface area contributed by atoms with E-state index in [1.807, 2.05) is 0 Å². The summed E-state index contributed by atoms with van der Waals surface area (Å²) in [5.41, 5.74) is -0.420. The van der Waals surface area contributed by atoms with Crippen molar-refractivity contribution in [2.75, 3.05) is 6.67 Å². The van der Waals surface area contributed by atoms with Crippen LogP contribution in [0, 0.1) is 11.8 Å². The van der Waals surface area contributed by atoms with Crippen molar-refractivity contribution in [3.63, 3.8) is 0 Å². The zero-order valence-electron chi connectivity index (χ0n) is 8.03. The number of carbonyl (C=O) groups is 2. The van der Waals surface area contributed by atoms with Gasteiger partial charge in [0.2, 0.25) is 0 Å². The number of rotatable bonds is 2. The number of alkyl halides is 1. The lowest BCUT2D eigenvalue weighted by atomic mass is 10.0. The Hall–Kier alpha value is -2.35. The van der Waals surface area contributed by atoms with Gasteiger partial charge in [0.25, 0.3) is 0 Å². The van der Waals surface area contributed by atoms with E-state index in [2.05, 4.69) is 11.8 Å². The molecule has 0 saturated carbocycles. The third-order valence-electron chi connectivity index (χ3n) is 1.78. The van der Waals surface area contributed by atoms with Crippen LogP contribution in [0.25, 0.3) is 0 Å². The van der Waals surface area contributed by atoms with Gasteiger partial charge in [0.15, 0.2) is 6.67 Å². The highest BCUT2D eigenvalue weighted by atomic mass is 19.1. The predicted octanol–water partition coefficient (Wildman–Crippen LogP) is 1.40. The molecule has 0 aliphatic rings. The van der Waals surface area contributed by atoms with Gasteiger partial charge in [-0.15, -0.1) is 0 Å². The van der Waals surface area contributed by atoms with E-state index < -0.39 is 18.6 Å². The molecule has 5 heteroatoms. The second-order valence-electron chi connectivity index (χ2n) is 2.81. The van der Waals surface area contributed by atoms with Crippen molar-refractivity contribution in [3.05, 3.63) is 34.9 Å². The highest BCUT2D eigenvalue weighted by molar-refractivity contribution is 6.01. The Balaban J connectivity index is 3.28. The molecule has 4 nitrogen and oxygen atoms in total. The van der Waals surface area contributed by atoms with E-state index in [1.54, 1.807) is 0 Å². The first-order chi connectivity index (χ1) is 7.56. The predicted molar refractivity (Wildman–Crippen MR) is 53.2 cm³/mol. The van der Waals surface area contributed by atoms with Crippen LogP contribution in [-0.2, 0) is 0 Å². The van der Waals surface area contributed by atoms with Gasteiger partial charge >= 0.3 is 11.9 Å². The Kier molecular flexibility index (Phi) is 3.62. The second-order valence-corrected chi connectivity index (χ2v) is 2.81. The van der Waals surface area contributed by atoms with Crippen molar-refractivity contribution in [2.45, 2.75) is 0 Å². The first kappa shape index (κ1) is 11.7. The summed E-state index contributed by atoms with van der Waals surface area (Å²) in [6.45, 7) is -0.844. The normalized spacial score (nSPS) is 9.06. The highest BCUT2D eigenvalue weighted by Crippen LogP contribution is 2.12. The summed E-state index contributed by atoms with van der Waals surface area (Å²) in [6.07, 6.45) is 0. The lowest BCUT2D eigenvalue weighted by molar-refractivity contribution is 0.0651. The summed E-state index contributed by atoms with van der Waals surface area (Å²) in [5.74, 6) is 1.81. The molecule has 1 aromatic rings. The summed E-state index contributed by atoms with van der Waals surface area (Å²) in [6, 6.07) is 3.57. The average molecular weight is 222 g/mol. The standard InChI is InChI=1S/C11H7FO4/c12-5-1-2-7-3-4-8(10(13)14)9(6-7)11(15)16/h3-4,6H,5H2,(H,13,14)(H,15,16). The van der Waals surface area contributed by atoms with E-state index in [-0.39, 0.29) is 16.7 Å². The van der Waals surface area contributed by atoms with Gasteiger partial charge in [-0.05, 0) is 18.2 Å². The van der Waals surface area contributed by atoms with Crippen LogP contribution >= 0.6 is 0 Å². The summed E-state index contributed by atoms with van der Waals surface area (Å²) >= 11 is 0. The molecule has 0 atom stereocenters. The van der Waals surface area contributed by atoms with Gasteiger partial charge in [0.05, 0.1) is 11.1 Å². The molecule has 0 fully saturated rings. The molecular formula is C11H7FO4. The molecule has 0 heterocycles. The third kappa shape index (κ3) is 2.58. The fourth-order valence-electron chi connectivity index (χ4n) is 1.12. The molecule has 0 aliphatic carbocycles. The van der Waals surface area contributed by atoms with Crippen molar-refractivity contribution in [1.29, 1.82) is 0 Å². The number of benzene rings is 1. The molecule has 0 amide bonds. The highest BCUT2D eigenvalue weighted by Gasteiger charge is 2.15. The smallest absolute Gasteiger partial charge is 0.336 e. The fraction of sp³-hybridized carbons (Fsp3) is 0.0909. The average Bonchev–Trinajstić information content (AvgIpc) is 2.25. The van der Waals surface area contributed by atoms with Gasteiger partial charge < -0.3 is 10.2 Å². The third-order valence-corrected chi connectivity index (χ3v) is 1.78. The number of halogens is 1. The molecule has 0 unspecified atom stereocenters. The first-order valence-corrected chi connectivity index (χ1v) is 4.21. The maximum Gasteiger partial charge on any atom is 0.336 e. The molecular weight excluding hydrogens is 215 g/mol. The largest absolute Gasteiger partial charge is 0.478 e. The van der Waals surface area contributed by atoms with E-state index >= 15 is 0 Å². The molecule has 0 bridgehead atoms. The lowest BCUT2D eigenvalue weighted by Gasteiger charge is -2.01. The van der Waals surface area contributed by atoms with Crippen LogP contribution in [-0.4, -0.2) is 28.8 Å². The summed E-state index contributed by atoms with van der Waals surface area (Å²) in [4.78, 5) is 21.5. The number of hydrogen-bond acceptors (Lipinski definition) is 2. The van der Waals surface area contributed by atoms with Gasteiger partial charge in [0.1, 0.15) is 0 Å². The Morgan fingerprint density at radius 3 is 2.31 bits per heavy atom. The number of hydrogen-bond donors (Lipinski definition) is 2. The molecule has 0 aromatic heterocycles. The van der Waals surface area contributed by atoms with Crippen molar-refractivity contribution in [1.82, 2.24) is 0 Å². The molecule has 0 aliphatic heterocycles. The Morgan fingerprint density at radius 1 is 1.19 bits per heavy atom. The zero-order chi connectivity index (χ0) is 12.1. The lowest BCUT2D eigenvalue weighted by Crippen LogP contribution is -2.08. The molecule has 2 N–H and O–H groups in total. The van der Waals surface area contributed by atoms with E-state index in [0.717, 1.165) is 12.1 Å². The van der Waals surface area contributed by atoms with Crippen LogP contribution in [0.2, 0.25) is 0 Å². The minimum Gasteiger partial charge on any atom is -0.478 e. The van der Waals surface area contributed by atoms with Gasteiger partial charge in [0, 0.05) is 5.56 Å². The molecule has 16 heavy (non-hydrogen) atoms. The summed E-state index contributed by atoms with van der Waals surface area (Å²) in [5, 5.41) is 17.5. The Bertz CT molecular complexity index is 496.